The van der Waals surface area contributed by atoms with Crippen molar-refractivity contribution in [3.63, 3.8) is 0 Å². The average molecular weight is 507 g/mol. The fourth-order valence-electron chi connectivity index (χ4n) is 4.11. The zero-order chi connectivity index (χ0) is 25.5. The number of aromatic nitrogens is 3. The SMILES string of the molecule is CCOC(=O)C(CO)C[C@H](Cc1ccc(-c2ccccc2)cc1)NC(=O)c1cc(Cl)c2nn[nH]c2c1. The molecule has 36 heavy (non-hydrogen) atoms. The van der Waals surface area contributed by atoms with Crippen molar-refractivity contribution in [2.24, 2.45) is 5.92 Å². The van der Waals surface area contributed by atoms with E-state index in [4.69, 9.17) is 16.3 Å². The fraction of sp³-hybridized carbons (Fsp3) is 0.259. The van der Waals surface area contributed by atoms with Crippen LogP contribution < -0.4 is 5.32 Å². The number of nitrogens with one attached hydrogen (secondary N) is 2. The number of aliphatic hydroxyl groups is 1. The standard InChI is InChI=1S/C27H27ClN4O4/c1-2-36-27(35)21(16-33)13-22(12-17-8-10-19(11-9-17)18-6-4-3-5-7-18)29-26(34)20-14-23(28)25-24(15-20)30-32-31-25/h3-11,14-15,21-22,33H,2,12-13,16H2,1H3,(H,29,34)(H,30,31,32)/t21?,22-/m0/s1. The van der Waals surface area contributed by atoms with Crippen molar-refractivity contribution in [1.82, 2.24) is 20.7 Å². The Morgan fingerprint density at radius 2 is 1.81 bits per heavy atom. The number of benzene rings is 3. The van der Waals surface area contributed by atoms with Crippen LogP contribution in [0.25, 0.3) is 22.2 Å². The summed E-state index contributed by atoms with van der Waals surface area (Å²) in [4.78, 5) is 25.5. The van der Waals surface area contributed by atoms with Gasteiger partial charge in [-0.2, -0.15) is 0 Å². The molecule has 1 aromatic heterocycles. The van der Waals surface area contributed by atoms with Crippen molar-refractivity contribution in [2.75, 3.05) is 13.2 Å². The molecule has 0 saturated carbocycles. The molecule has 0 spiro atoms. The molecular weight excluding hydrogens is 480 g/mol. The first kappa shape index (κ1) is 25.3. The quantitative estimate of drug-likeness (QED) is 0.278. The summed E-state index contributed by atoms with van der Waals surface area (Å²) in [5.41, 5.74) is 4.52. The van der Waals surface area contributed by atoms with Gasteiger partial charge in [-0.3, -0.25) is 14.7 Å². The zero-order valence-electron chi connectivity index (χ0n) is 19.8. The number of amides is 1. The average Bonchev–Trinajstić information content (AvgIpc) is 3.38. The topological polar surface area (TPSA) is 117 Å². The number of nitrogens with zero attached hydrogens (tertiary/aromatic N) is 2. The molecule has 0 radical (unpaired) electrons. The minimum atomic E-state index is -0.762. The number of fused-ring (bicyclic) bond motifs is 1. The van der Waals surface area contributed by atoms with Crippen LogP contribution in [0.5, 0.6) is 0 Å². The molecule has 2 atom stereocenters. The van der Waals surface area contributed by atoms with Crippen LogP contribution in [-0.4, -0.2) is 51.6 Å². The minimum Gasteiger partial charge on any atom is -0.466 e. The molecule has 0 aliphatic rings. The summed E-state index contributed by atoms with van der Waals surface area (Å²) in [6, 6.07) is 20.8. The Labute approximate surface area is 213 Å². The third-order valence-corrected chi connectivity index (χ3v) is 6.22. The van der Waals surface area contributed by atoms with Gasteiger partial charge in [-0.1, -0.05) is 71.4 Å². The second kappa shape index (κ2) is 11.8. The third-order valence-electron chi connectivity index (χ3n) is 5.93. The highest BCUT2D eigenvalue weighted by atomic mass is 35.5. The Kier molecular flexibility index (Phi) is 8.30. The number of carbonyl (C=O) groups is 2. The molecule has 0 saturated heterocycles. The molecule has 1 unspecified atom stereocenters. The van der Waals surface area contributed by atoms with Crippen molar-refractivity contribution in [2.45, 2.75) is 25.8 Å². The molecular formula is C27H27ClN4O4. The van der Waals surface area contributed by atoms with Crippen molar-refractivity contribution < 1.29 is 19.4 Å². The van der Waals surface area contributed by atoms with E-state index in [2.05, 4.69) is 20.7 Å². The summed E-state index contributed by atoms with van der Waals surface area (Å²) >= 11 is 6.27. The number of ether oxygens (including phenoxy) is 1. The summed E-state index contributed by atoms with van der Waals surface area (Å²) in [7, 11) is 0. The van der Waals surface area contributed by atoms with Crippen molar-refractivity contribution in [3.05, 3.63) is 82.9 Å². The van der Waals surface area contributed by atoms with Gasteiger partial charge in [-0.05, 0) is 48.6 Å². The molecule has 0 aliphatic carbocycles. The number of rotatable bonds is 10. The van der Waals surface area contributed by atoms with Gasteiger partial charge in [-0.25, -0.2) is 0 Å². The molecule has 4 rings (SSSR count). The van der Waals surface area contributed by atoms with Crippen LogP contribution in [0.4, 0.5) is 0 Å². The Morgan fingerprint density at radius 3 is 2.50 bits per heavy atom. The fourth-order valence-corrected chi connectivity index (χ4v) is 4.36. The van der Waals surface area contributed by atoms with E-state index in [9.17, 15) is 14.7 Å². The van der Waals surface area contributed by atoms with E-state index in [1.807, 2.05) is 54.6 Å². The monoisotopic (exact) mass is 506 g/mol. The lowest BCUT2D eigenvalue weighted by Crippen LogP contribution is -2.40. The molecule has 3 N–H and O–H groups in total. The van der Waals surface area contributed by atoms with Gasteiger partial charge in [0.15, 0.2) is 0 Å². The predicted octanol–water partition coefficient (Wildman–Crippen LogP) is 4.18. The van der Waals surface area contributed by atoms with Gasteiger partial charge in [0.2, 0.25) is 0 Å². The Hall–Kier alpha value is -3.75. The Bertz CT molecular complexity index is 1320. The lowest BCUT2D eigenvalue weighted by Gasteiger charge is -2.23. The lowest BCUT2D eigenvalue weighted by atomic mass is 9.94. The Morgan fingerprint density at radius 1 is 1.08 bits per heavy atom. The summed E-state index contributed by atoms with van der Waals surface area (Å²) in [5, 5.41) is 23.5. The second-order valence-electron chi connectivity index (χ2n) is 8.47. The second-order valence-corrected chi connectivity index (χ2v) is 8.88. The van der Waals surface area contributed by atoms with Crippen LogP contribution in [0.15, 0.2) is 66.7 Å². The van der Waals surface area contributed by atoms with Crippen LogP contribution >= 0.6 is 11.6 Å². The number of hydrogen-bond donors (Lipinski definition) is 3. The maximum atomic E-state index is 13.2. The highest BCUT2D eigenvalue weighted by molar-refractivity contribution is 6.35. The number of H-pyrrole nitrogens is 1. The van der Waals surface area contributed by atoms with E-state index < -0.39 is 17.9 Å². The van der Waals surface area contributed by atoms with Gasteiger partial charge in [0.25, 0.3) is 5.91 Å². The van der Waals surface area contributed by atoms with Crippen molar-refractivity contribution in [1.29, 1.82) is 0 Å². The number of esters is 1. The van der Waals surface area contributed by atoms with Crippen molar-refractivity contribution in [3.8, 4) is 11.1 Å². The van der Waals surface area contributed by atoms with E-state index in [1.54, 1.807) is 13.0 Å². The number of aliphatic hydroxyl groups excluding tert-OH is 1. The van der Waals surface area contributed by atoms with Gasteiger partial charge < -0.3 is 15.2 Å². The largest absolute Gasteiger partial charge is 0.466 e. The van der Waals surface area contributed by atoms with Gasteiger partial charge >= 0.3 is 5.97 Å². The molecule has 0 bridgehead atoms. The van der Waals surface area contributed by atoms with Crippen LogP contribution in [0.1, 0.15) is 29.3 Å². The molecule has 8 nitrogen and oxygen atoms in total. The maximum Gasteiger partial charge on any atom is 0.311 e. The van der Waals surface area contributed by atoms with E-state index in [0.717, 1.165) is 16.7 Å². The number of carbonyl (C=O) groups excluding carboxylic acids is 2. The number of aromatic amines is 1. The van der Waals surface area contributed by atoms with E-state index in [1.165, 1.54) is 6.07 Å². The third kappa shape index (κ3) is 6.08. The predicted molar refractivity (Wildman–Crippen MR) is 138 cm³/mol. The summed E-state index contributed by atoms with van der Waals surface area (Å²) in [5.74, 6) is -1.62. The van der Waals surface area contributed by atoms with E-state index in [0.29, 0.717) is 28.0 Å². The van der Waals surface area contributed by atoms with Crippen LogP contribution in [-0.2, 0) is 16.0 Å². The normalized spacial score (nSPS) is 12.8. The van der Waals surface area contributed by atoms with Gasteiger partial charge in [0.1, 0.15) is 5.52 Å². The molecule has 1 amide bonds. The number of halogens is 1. The molecule has 0 aliphatic heterocycles. The summed E-state index contributed by atoms with van der Waals surface area (Å²) in [6.45, 7) is 1.55. The van der Waals surface area contributed by atoms with Gasteiger partial charge in [0.05, 0.1) is 29.7 Å². The molecule has 4 aromatic rings. The highest BCUT2D eigenvalue weighted by Gasteiger charge is 2.26. The van der Waals surface area contributed by atoms with Crippen LogP contribution in [0.2, 0.25) is 5.02 Å². The van der Waals surface area contributed by atoms with E-state index in [-0.39, 0.29) is 25.5 Å². The Balaban J connectivity index is 1.55. The zero-order valence-corrected chi connectivity index (χ0v) is 20.5. The first-order chi connectivity index (χ1) is 17.5. The lowest BCUT2D eigenvalue weighted by molar-refractivity contribution is -0.149. The van der Waals surface area contributed by atoms with Crippen LogP contribution in [0.3, 0.4) is 0 Å². The first-order valence-electron chi connectivity index (χ1n) is 11.7. The summed E-state index contributed by atoms with van der Waals surface area (Å²) in [6.07, 6.45) is 0.668. The highest BCUT2D eigenvalue weighted by Crippen LogP contribution is 2.23. The molecule has 186 valence electrons. The summed E-state index contributed by atoms with van der Waals surface area (Å²) < 4.78 is 5.11. The molecule has 1 heterocycles. The molecule has 9 heteroatoms. The smallest absolute Gasteiger partial charge is 0.311 e. The van der Waals surface area contributed by atoms with Gasteiger partial charge in [-0.15, -0.1) is 5.10 Å². The van der Waals surface area contributed by atoms with Crippen LogP contribution in [0, 0.1) is 5.92 Å². The molecule has 3 aromatic carbocycles. The molecule has 0 fully saturated rings. The number of hydrogen-bond acceptors (Lipinski definition) is 6. The van der Waals surface area contributed by atoms with E-state index >= 15 is 0 Å². The maximum absolute atomic E-state index is 13.2. The first-order valence-corrected chi connectivity index (χ1v) is 12.1. The van der Waals surface area contributed by atoms with Crippen molar-refractivity contribution >= 4 is 34.5 Å². The minimum absolute atomic E-state index is 0.211. The van der Waals surface area contributed by atoms with Gasteiger partial charge in [0, 0.05) is 11.6 Å².